The van der Waals surface area contributed by atoms with Gasteiger partial charge in [-0.05, 0) is 61.5 Å². The number of carbonyl (C=O) groups is 3. The van der Waals surface area contributed by atoms with Gasteiger partial charge in [-0.15, -0.1) is 0 Å². The minimum Gasteiger partial charge on any atom is -0.339 e. The number of fused-ring (bicyclic) bond motifs is 5. The molecule has 4 amide bonds. The third kappa shape index (κ3) is 3.97. The van der Waals surface area contributed by atoms with Crippen LogP contribution in [0, 0.1) is 17.8 Å². The molecule has 0 radical (unpaired) electrons. The number of piperidine rings is 4. The van der Waals surface area contributed by atoms with Gasteiger partial charge >= 0.3 is 6.03 Å². The molecule has 0 N–H and O–H groups in total. The Morgan fingerprint density at radius 1 is 0.824 bits per heavy atom. The second kappa shape index (κ2) is 8.90. The summed E-state index contributed by atoms with van der Waals surface area (Å²) in [5.74, 6) is 1.42. The van der Waals surface area contributed by atoms with Crippen molar-refractivity contribution < 1.29 is 14.4 Å². The fourth-order valence-corrected chi connectivity index (χ4v) is 7.23. The van der Waals surface area contributed by atoms with Gasteiger partial charge in [-0.2, -0.15) is 0 Å². The van der Waals surface area contributed by atoms with Crippen molar-refractivity contribution in [2.45, 2.75) is 57.5 Å². The van der Waals surface area contributed by atoms with E-state index in [0.29, 0.717) is 49.8 Å². The minimum atomic E-state index is 0.0249. The van der Waals surface area contributed by atoms with Crippen LogP contribution in [0.5, 0.6) is 0 Å². The fourth-order valence-electron chi connectivity index (χ4n) is 7.23. The molecule has 1 aromatic carbocycles. The molecule has 0 saturated carbocycles. The maximum atomic E-state index is 13.4. The first kappa shape index (κ1) is 21.9. The summed E-state index contributed by atoms with van der Waals surface area (Å²) < 4.78 is 0. The van der Waals surface area contributed by atoms with E-state index in [1.807, 2.05) is 9.80 Å². The lowest BCUT2D eigenvalue weighted by atomic mass is 9.76. The Bertz CT molecular complexity index is 972. The molecule has 2 bridgehead atoms. The van der Waals surface area contributed by atoms with E-state index in [4.69, 9.17) is 0 Å². The third-order valence-electron chi connectivity index (χ3n) is 9.01. The lowest BCUT2D eigenvalue weighted by Crippen LogP contribution is -2.62. The van der Waals surface area contributed by atoms with Crippen molar-refractivity contribution in [2.24, 2.45) is 17.8 Å². The SMILES string of the molecule is O=C(C1CCN(C(=O)N2C[C@@H]3C[C@H](C2)[C@H]2CCCC(=O)N2C3)CC1)N1CCc2ccccc2C1. The Morgan fingerprint density at radius 2 is 1.62 bits per heavy atom. The van der Waals surface area contributed by atoms with E-state index < -0.39 is 0 Å². The van der Waals surface area contributed by atoms with Gasteiger partial charge in [0.25, 0.3) is 0 Å². The highest BCUT2D eigenvalue weighted by atomic mass is 16.2. The zero-order valence-corrected chi connectivity index (χ0v) is 20.0. The second-order valence-corrected chi connectivity index (χ2v) is 11.1. The largest absolute Gasteiger partial charge is 0.339 e. The molecule has 0 spiro atoms. The zero-order chi connectivity index (χ0) is 23.2. The molecule has 6 rings (SSSR count). The maximum absolute atomic E-state index is 13.4. The Balaban J connectivity index is 1.03. The number of hydrogen-bond acceptors (Lipinski definition) is 3. The fraction of sp³-hybridized carbons (Fsp3) is 0.667. The van der Waals surface area contributed by atoms with Gasteiger partial charge in [0.2, 0.25) is 11.8 Å². The molecule has 5 heterocycles. The van der Waals surface area contributed by atoms with E-state index in [1.54, 1.807) is 0 Å². The van der Waals surface area contributed by atoms with Gasteiger partial charge in [-0.3, -0.25) is 9.59 Å². The van der Waals surface area contributed by atoms with Crippen LogP contribution in [0.2, 0.25) is 0 Å². The lowest BCUT2D eigenvalue weighted by Gasteiger charge is -2.53. The van der Waals surface area contributed by atoms with E-state index in [-0.39, 0.29) is 17.9 Å². The standard InChI is InChI=1S/C27H36N4O3/c32-25-7-3-6-24-23-14-19(16-31(24)25)15-30(18-23)27(34)28-11-9-21(10-12-28)26(33)29-13-8-20-4-1-2-5-22(20)17-29/h1-2,4-5,19,21,23-24H,3,6-18H2/t19-,23+,24+/m0/s1. The molecule has 7 nitrogen and oxygen atoms in total. The molecule has 7 heteroatoms. The summed E-state index contributed by atoms with van der Waals surface area (Å²) in [5, 5.41) is 0. The van der Waals surface area contributed by atoms with Crippen LogP contribution in [0.3, 0.4) is 0 Å². The van der Waals surface area contributed by atoms with Crippen molar-refractivity contribution in [1.29, 1.82) is 0 Å². The minimum absolute atomic E-state index is 0.0249. The number of benzene rings is 1. The molecule has 5 aliphatic heterocycles. The Hall–Kier alpha value is -2.57. The summed E-state index contributed by atoms with van der Waals surface area (Å²) in [6.07, 6.45) is 6.35. The predicted octanol–water partition coefficient (Wildman–Crippen LogP) is 2.74. The highest BCUT2D eigenvalue weighted by molar-refractivity contribution is 5.80. The van der Waals surface area contributed by atoms with Crippen molar-refractivity contribution >= 4 is 17.8 Å². The predicted molar refractivity (Wildman–Crippen MR) is 128 cm³/mol. The highest BCUT2D eigenvalue weighted by Gasteiger charge is 2.45. The van der Waals surface area contributed by atoms with E-state index >= 15 is 0 Å². The Labute approximate surface area is 202 Å². The molecule has 5 aliphatic rings. The third-order valence-corrected chi connectivity index (χ3v) is 9.01. The van der Waals surface area contributed by atoms with Crippen molar-refractivity contribution in [3.8, 4) is 0 Å². The lowest BCUT2D eigenvalue weighted by molar-refractivity contribution is -0.144. The number of hydrogen-bond donors (Lipinski definition) is 0. The first-order valence-electron chi connectivity index (χ1n) is 13.3. The van der Waals surface area contributed by atoms with E-state index in [0.717, 1.165) is 64.7 Å². The van der Waals surface area contributed by atoms with E-state index in [2.05, 4.69) is 34.1 Å². The summed E-state index contributed by atoms with van der Waals surface area (Å²) in [6.45, 7) is 5.20. The molecule has 0 unspecified atom stereocenters. The molecule has 4 saturated heterocycles. The van der Waals surface area contributed by atoms with Gasteiger partial charge in [0, 0.05) is 64.2 Å². The molecule has 1 aromatic rings. The molecule has 4 fully saturated rings. The van der Waals surface area contributed by atoms with Gasteiger partial charge in [-0.1, -0.05) is 24.3 Å². The van der Waals surface area contributed by atoms with Crippen LogP contribution in [0.25, 0.3) is 0 Å². The summed E-state index contributed by atoms with van der Waals surface area (Å²) in [4.78, 5) is 47.2. The van der Waals surface area contributed by atoms with Crippen molar-refractivity contribution in [1.82, 2.24) is 19.6 Å². The first-order valence-corrected chi connectivity index (χ1v) is 13.3. The van der Waals surface area contributed by atoms with E-state index in [9.17, 15) is 14.4 Å². The summed E-state index contributed by atoms with van der Waals surface area (Å²) >= 11 is 0. The molecule has 34 heavy (non-hydrogen) atoms. The number of urea groups is 1. The quantitative estimate of drug-likeness (QED) is 0.642. The molecular weight excluding hydrogens is 428 g/mol. The van der Waals surface area contributed by atoms with Gasteiger partial charge in [0.05, 0.1) is 0 Å². The number of amides is 4. The van der Waals surface area contributed by atoms with Gasteiger partial charge < -0.3 is 19.6 Å². The molecular formula is C27H36N4O3. The molecule has 0 aromatic heterocycles. The second-order valence-electron chi connectivity index (χ2n) is 11.1. The van der Waals surface area contributed by atoms with Crippen LogP contribution >= 0.6 is 0 Å². The monoisotopic (exact) mass is 464 g/mol. The molecule has 182 valence electrons. The summed E-state index contributed by atoms with van der Waals surface area (Å²) in [7, 11) is 0. The Morgan fingerprint density at radius 3 is 2.44 bits per heavy atom. The normalized spacial score (nSPS) is 29.5. The average molecular weight is 465 g/mol. The number of carbonyl (C=O) groups excluding carboxylic acids is 3. The van der Waals surface area contributed by atoms with E-state index in [1.165, 1.54) is 11.1 Å². The van der Waals surface area contributed by atoms with Crippen molar-refractivity contribution in [2.75, 3.05) is 39.3 Å². The van der Waals surface area contributed by atoms with Crippen LogP contribution in [-0.2, 0) is 22.6 Å². The zero-order valence-electron chi connectivity index (χ0n) is 20.0. The van der Waals surface area contributed by atoms with Crippen LogP contribution in [0.15, 0.2) is 24.3 Å². The van der Waals surface area contributed by atoms with Crippen molar-refractivity contribution in [3.05, 3.63) is 35.4 Å². The van der Waals surface area contributed by atoms with Gasteiger partial charge in [0.1, 0.15) is 0 Å². The van der Waals surface area contributed by atoms with Crippen LogP contribution in [0.1, 0.15) is 49.7 Å². The molecule has 0 aliphatic carbocycles. The molecule has 3 atom stereocenters. The number of rotatable bonds is 1. The van der Waals surface area contributed by atoms with Crippen molar-refractivity contribution in [3.63, 3.8) is 0 Å². The summed E-state index contributed by atoms with van der Waals surface area (Å²) in [5.41, 5.74) is 2.63. The van der Waals surface area contributed by atoms with Crippen LogP contribution < -0.4 is 0 Å². The van der Waals surface area contributed by atoms with Crippen LogP contribution in [0.4, 0.5) is 4.79 Å². The summed E-state index contributed by atoms with van der Waals surface area (Å²) in [6, 6.07) is 8.89. The number of nitrogens with zero attached hydrogens (tertiary/aromatic N) is 4. The highest BCUT2D eigenvalue weighted by Crippen LogP contribution is 2.38. The number of likely N-dealkylation sites (tertiary alicyclic amines) is 2. The first-order chi connectivity index (χ1) is 16.6. The smallest absolute Gasteiger partial charge is 0.320 e. The van der Waals surface area contributed by atoms with Gasteiger partial charge in [-0.25, -0.2) is 4.79 Å². The average Bonchev–Trinajstić information content (AvgIpc) is 2.88. The van der Waals surface area contributed by atoms with Gasteiger partial charge in [0.15, 0.2) is 0 Å². The topological polar surface area (TPSA) is 64.2 Å². The Kier molecular flexibility index (Phi) is 5.74. The van der Waals surface area contributed by atoms with Crippen LogP contribution in [-0.4, -0.2) is 82.8 Å². The maximum Gasteiger partial charge on any atom is 0.320 e.